The Balaban J connectivity index is 2.76. The molecule has 0 aliphatic heterocycles. The van der Waals surface area contributed by atoms with Crippen molar-refractivity contribution in [2.75, 3.05) is 27.2 Å². The molecule has 162 valence electrons. The lowest BCUT2D eigenvalue weighted by atomic mass is 10.0. The number of nitrogens with zero attached hydrogens (tertiary/aromatic N) is 1. The average Bonchev–Trinajstić information content (AvgIpc) is 2.61. The lowest BCUT2D eigenvalue weighted by Crippen LogP contribution is -2.42. The van der Waals surface area contributed by atoms with Crippen LogP contribution in [0.5, 0.6) is 0 Å². The molecule has 9 nitrogen and oxygen atoms in total. The number of sulfonamides is 1. The van der Waals surface area contributed by atoms with Crippen molar-refractivity contribution >= 4 is 27.8 Å². The SMILES string of the molecule is Cc1cc(C)c(C)c(S(=O)(=O)N[C@@H](C)C(=O)OCC(=O)NCC(=O)N(C)C)c1C. The molecule has 10 heteroatoms. The second-order valence-electron chi connectivity index (χ2n) is 7.11. The van der Waals surface area contributed by atoms with Gasteiger partial charge in [-0.1, -0.05) is 6.07 Å². The highest BCUT2D eigenvalue weighted by atomic mass is 32.2. The molecule has 1 aromatic rings. The Hall–Kier alpha value is -2.46. The molecular weight excluding hydrogens is 398 g/mol. The van der Waals surface area contributed by atoms with Crippen LogP contribution >= 0.6 is 0 Å². The molecule has 0 bridgehead atoms. The normalized spacial score (nSPS) is 12.2. The molecule has 0 aromatic heterocycles. The molecule has 1 aromatic carbocycles. The van der Waals surface area contributed by atoms with E-state index in [-0.39, 0.29) is 17.3 Å². The van der Waals surface area contributed by atoms with Gasteiger partial charge in [0, 0.05) is 14.1 Å². The summed E-state index contributed by atoms with van der Waals surface area (Å²) < 4.78 is 32.8. The third-order valence-electron chi connectivity index (χ3n) is 4.53. The molecular formula is C19H29N3O6S. The second kappa shape index (κ2) is 9.84. The maximum atomic E-state index is 12.8. The topological polar surface area (TPSA) is 122 Å². The second-order valence-corrected chi connectivity index (χ2v) is 8.76. The number of esters is 1. The molecule has 0 saturated carbocycles. The van der Waals surface area contributed by atoms with Crippen LogP contribution in [0, 0.1) is 27.7 Å². The van der Waals surface area contributed by atoms with E-state index in [4.69, 9.17) is 4.74 Å². The molecule has 1 rings (SSSR count). The fraction of sp³-hybridized carbons (Fsp3) is 0.526. The van der Waals surface area contributed by atoms with Crippen LogP contribution in [0.15, 0.2) is 11.0 Å². The van der Waals surface area contributed by atoms with Crippen LogP contribution in [-0.4, -0.2) is 64.4 Å². The summed E-state index contributed by atoms with van der Waals surface area (Å²) in [4.78, 5) is 36.6. The third-order valence-corrected chi connectivity index (χ3v) is 6.35. The van der Waals surface area contributed by atoms with Crippen LogP contribution in [0.3, 0.4) is 0 Å². The summed E-state index contributed by atoms with van der Waals surface area (Å²) in [5.74, 6) is -1.88. The van der Waals surface area contributed by atoms with E-state index < -0.39 is 34.5 Å². The van der Waals surface area contributed by atoms with Crippen molar-refractivity contribution in [1.82, 2.24) is 14.9 Å². The fourth-order valence-electron chi connectivity index (χ4n) is 2.57. The van der Waals surface area contributed by atoms with E-state index in [0.717, 1.165) is 11.1 Å². The minimum absolute atomic E-state index is 0.134. The molecule has 0 fully saturated rings. The summed E-state index contributed by atoms with van der Waals surface area (Å²) in [6.07, 6.45) is 0. The smallest absolute Gasteiger partial charge is 0.324 e. The molecule has 0 aliphatic carbocycles. The molecule has 0 aliphatic rings. The van der Waals surface area contributed by atoms with Gasteiger partial charge in [-0.15, -0.1) is 0 Å². The minimum Gasteiger partial charge on any atom is -0.454 e. The summed E-state index contributed by atoms with van der Waals surface area (Å²) in [5.41, 5.74) is 2.86. The van der Waals surface area contributed by atoms with Gasteiger partial charge in [-0.05, 0) is 56.9 Å². The zero-order valence-corrected chi connectivity index (χ0v) is 18.7. The molecule has 0 spiro atoms. The van der Waals surface area contributed by atoms with E-state index in [9.17, 15) is 22.8 Å². The van der Waals surface area contributed by atoms with Gasteiger partial charge in [0.25, 0.3) is 5.91 Å². The Bertz CT molecular complexity index is 883. The van der Waals surface area contributed by atoms with Crippen molar-refractivity contribution in [3.63, 3.8) is 0 Å². The number of hydrogen-bond acceptors (Lipinski definition) is 6. The summed E-state index contributed by atoms with van der Waals surface area (Å²) in [6.45, 7) is 7.54. The van der Waals surface area contributed by atoms with E-state index in [1.54, 1.807) is 27.9 Å². The molecule has 0 radical (unpaired) electrons. The first-order valence-electron chi connectivity index (χ1n) is 9.01. The van der Waals surface area contributed by atoms with Gasteiger partial charge in [0.15, 0.2) is 6.61 Å². The van der Waals surface area contributed by atoms with Gasteiger partial charge in [0.05, 0.1) is 11.4 Å². The highest BCUT2D eigenvalue weighted by molar-refractivity contribution is 7.89. The standard InChI is InChI=1S/C19H29N3O6S/c1-11-8-12(2)14(4)18(13(11)3)29(26,27)21-15(5)19(25)28-10-16(23)20-9-17(24)22(6)7/h8,15,21H,9-10H2,1-7H3,(H,20,23)/t15-/m0/s1. The monoisotopic (exact) mass is 427 g/mol. The van der Waals surface area contributed by atoms with Crippen LogP contribution in [0.25, 0.3) is 0 Å². The summed E-state index contributed by atoms with van der Waals surface area (Å²) in [6, 6.07) is 0.705. The van der Waals surface area contributed by atoms with Crippen molar-refractivity contribution in [3.05, 3.63) is 28.3 Å². The Morgan fingerprint density at radius 1 is 1.07 bits per heavy atom. The summed E-state index contributed by atoms with van der Waals surface area (Å²) >= 11 is 0. The van der Waals surface area contributed by atoms with Crippen LogP contribution in [0.2, 0.25) is 0 Å². The van der Waals surface area contributed by atoms with Crippen LogP contribution < -0.4 is 10.0 Å². The predicted molar refractivity (Wildman–Crippen MR) is 108 cm³/mol. The first kappa shape index (κ1) is 24.6. The fourth-order valence-corrected chi connectivity index (χ4v) is 4.38. The maximum Gasteiger partial charge on any atom is 0.324 e. The highest BCUT2D eigenvalue weighted by Crippen LogP contribution is 2.26. The van der Waals surface area contributed by atoms with Crippen LogP contribution in [-0.2, 0) is 29.1 Å². The Morgan fingerprint density at radius 2 is 1.59 bits per heavy atom. The Labute approximate surface area is 171 Å². The number of likely N-dealkylation sites (N-methyl/N-ethyl adjacent to an activating group) is 1. The van der Waals surface area contributed by atoms with Gasteiger partial charge in [-0.25, -0.2) is 8.42 Å². The zero-order valence-electron chi connectivity index (χ0n) is 17.9. The number of benzene rings is 1. The van der Waals surface area contributed by atoms with E-state index in [0.29, 0.717) is 11.1 Å². The zero-order chi connectivity index (χ0) is 22.5. The van der Waals surface area contributed by atoms with Gasteiger partial charge < -0.3 is 15.0 Å². The first-order valence-corrected chi connectivity index (χ1v) is 10.5. The molecule has 1 atom stereocenters. The summed E-state index contributed by atoms with van der Waals surface area (Å²) in [5, 5.41) is 2.31. The van der Waals surface area contributed by atoms with E-state index in [2.05, 4.69) is 10.0 Å². The van der Waals surface area contributed by atoms with E-state index in [1.165, 1.54) is 11.8 Å². The number of carbonyl (C=O) groups is 3. The van der Waals surface area contributed by atoms with Gasteiger partial charge in [-0.3, -0.25) is 14.4 Å². The van der Waals surface area contributed by atoms with E-state index in [1.807, 2.05) is 19.9 Å². The lowest BCUT2D eigenvalue weighted by Gasteiger charge is -2.18. The quantitative estimate of drug-likeness (QED) is 0.577. The van der Waals surface area contributed by atoms with Crippen molar-refractivity contribution in [2.24, 2.45) is 0 Å². The molecule has 2 amide bonds. The lowest BCUT2D eigenvalue weighted by molar-refractivity contribution is -0.149. The van der Waals surface area contributed by atoms with Gasteiger partial charge in [0.2, 0.25) is 15.9 Å². The number of aryl methyl sites for hydroxylation is 2. The largest absolute Gasteiger partial charge is 0.454 e. The van der Waals surface area contributed by atoms with Crippen molar-refractivity contribution in [2.45, 2.75) is 45.6 Å². The number of carbonyl (C=O) groups excluding carboxylic acids is 3. The van der Waals surface area contributed by atoms with Crippen molar-refractivity contribution in [1.29, 1.82) is 0 Å². The van der Waals surface area contributed by atoms with Gasteiger partial charge in [0.1, 0.15) is 6.04 Å². The Kier molecular flexibility index (Phi) is 8.34. The predicted octanol–water partition coefficient (Wildman–Crippen LogP) is 0.335. The third kappa shape index (κ3) is 6.53. The molecule has 0 saturated heterocycles. The maximum absolute atomic E-state index is 12.8. The molecule has 0 heterocycles. The number of nitrogens with one attached hydrogen (secondary N) is 2. The van der Waals surface area contributed by atoms with Crippen LogP contribution in [0.1, 0.15) is 29.2 Å². The van der Waals surface area contributed by atoms with E-state index >= 15 is 0 Å². The average molecular weight is 428 g/mol. The van der Waals surface area contributed by atoms with Crippen molar-refractivity contribution in [3.8, 4) is 0 Å². The molecule has 0 unspecified atom stereocenters. The molecule has 29 heavy (non-hydrogen) atoms. The number of hydrogen-bond donors (Lipinski definition) is 2. The first-order chi connectivity index (χ1) is 13.3. The van der Waals surface area contributed by atoms with Gasteiger partial charge in [-0.2, -0.15) is 4.72 Å². The number of amides is 2. The van der Waals surface area contributed by atoms with Crippen LogP contribution in [0.4, 0.5) is 0 Å². The minimum atomic E-state index is -3.98. The number of ether oxygens (including phenoxy) is 1. The Morgan fingerprint density at radius 3 is 2.07 bits per heavy atom. The van der Waals surface area contributed by atoms with Crippen molar-refractivity contribution < 1.29 is 27.5 Å². The molecule has 2 N–H and O–H groups in total. The number of rotatable bonds is 8. The summed E-state index contributed by atoms with van der Waals surface area (Å²) in [7, 11) is -0.896. The highest BCUT2D eigenvalue weighted by Gasteiger charge is 2.27. The van der Waals surface area contributed by atoms with Gasteiger partial charge >= 0.3 is 5.97 Å².